The second kappa shape index (κ2) is 4.74. The number of nitrogens with zero attached hydrogens (tertiary/aromatic N) is 2. The van der Waals surface area contributed by atoms with Gasteiger partial charge in [-0.1, -0.05) is 25.9 Å². The van der Waals surface area contributed by atoms with Crippen molar-refractivity contribution in [2.24, 2.45) is 11.1 Å². The molecule has 0 unspecified atom stereocenters. The molecule has 5 nitrogen and oxygen atoms in total. The van der Waals surface area contributed by atoms with Crippen LogP contribution in [-0.4, -0.2) is 16.7 Å². The monoisotopic (exact) mass is 241 g/mol. The molecule has 0 amide bonds. The van der Waals surface area contributed by atoms with Gasteiger partial charge in [0.25, 0.3) is 0 Å². The zero-order valence-corrected chi connectivity index (χ0v) is 11.6. The summed E-state index contributed by atoms with van der Waals surface area (Å²) in [6, 6.07) is -0.277. The summed E-state index contributed by atoms with van der Waals surface area (Å²) in [7, 11) is 0. The third kappa shape index (κ3) is 3.26. The van der Waals surface area contributed by atoms with E-state index in [1.54, 1.807) is 0 Å². The molecule has 1 aromatic heterocycles. The summed E-state index contributed by atoms with van der Waals surface area (Å²) in [4.78, 5) is 4.34. The number of rotatable bonds is 4. The first kappa shape index (κ1) is 14.1. The Kier molecular flexibility index (Phi) is 3.94. The first-order valence-electron chi connectivity index (χ1n) is 5.92. The average Bonchev–Trinajstić information content (AvgIpc) is 2.64. The lowest BCUT2D eigenvalue weighted by Gasteiger charge is -2.23. The molecule has 0 aliphatic rings. The van der Waals surface area contributed by atoms with Crippen LogP contribution in [0.4, 0.5) is 0 Å². The highest BCUT2D eigenvalue weighted by atomic mass is 16.5. The molecule has 98 valence electrons. The van der Waals surface area contributed by atoms with Crippen molar-refractivity contribution in [3.63, 3.8) is 0 Å². The van der Waals surface area contributed by atoms with Crippen molar-refractivity contribution in [3.05, 3.63) is 11.7 Å². The van der Waals surface area contributed by atoms with E-state index >= 15 is 0 Å². The predicted octanol–water partition coefficient (Wildman–Crippen LogP) is 2.39. The number of ether oxygens (including phenoxy) is 1. The van der Waals surface area contributed by atoms with Crippen molar-refractivity contribution < 1.29 is 9.26 Å². The molecule has 1 rings (SSSR count). The van der Waals surface area contributed by atoms with Crippen molar-refractivity contribution >= 4 is 0 Å². The van der Waals surface area contributed by atoms with E-state index in [4.69, 9.17) is 15.0 Å². The van der Waals surface area contributed by atoms with Gasteiger partial charge in [-0.05, 0) is 26.2 Å². The smallest absolute Gasteiger partial charge is 0.244 e. The Bertz CT molecular complexity index is 366. The van der Waals surface area contributed by atoms with Gasteiger partial charge in [-0.25, -0.2) is 0 Å². The molecular formula is C12H23N3O2. The molecule has 0 saturated carbocycles. The minimum Gasteiger partial charge on any atom is -0.368 e. The van der Waals surface area contributed by atoms with Gasteiger partial charge < -0.3 is 15.0 Å². The molecule has 0 spiro atoms. The van der Waals surface area contributed by atoms with E-state index in [0.717, 1.165) is 0 Å². The molecule has 2 N–H and O–H groups in total. The third-order valence-electron chi connectivity index (χ3n) is 2.68. The van der Waals surface area contributed by atoms with Crippen molar-refractivity contribution in [2.45, 2.75) is 53.2 Å². The highest BCUT2D eigenvalue weighted by Gasteiger charge is 2.32. The van der Waals surface area contributed by atoms with Crippen LogP contribution in [0.1, 0.15) is 59.3 Å². The van der Waals surface area contributed by atoms with E-state index in [1.165, 1.54) is 0 Å². The van der Waals surface area contributed by atoms with Crippen molar-refractivity contribution in [2.75, 3.05) is 6.61 Å². The van der Waals surface area contributed by atoms with E-state index in [1.807, 2.05) is 41.5 Å². The molecule has 17 heavy (non-hydrogen) atoms. The van der Waals surface area contributed by atoms with Gasteiger partial charge in [0.1, 0.15) is 5.60 Å². The van der Waals surface area contributed by atoms with Crippen LogP contribution in [0.25, 0.3) is 0 Å². The Morgan fingerprint density at radius 2 is 1.88 bits per heavy atom. The molecule has 0 aliphatic carbocycles. The molecule has 0 fully saturated rings. The molecule has 0 aromatic carbocycles. The lowest BCUT2D eigenvalue weighted by molar-refractivity contribution is -0.0221. The first-order chi connectivity index (χ1) is 7.68. The highest BCUT2D eigenvalue weighted by molar-refractivity contribution is 5.01. The quantitative estimate of drug-likeness (QED) is 0.876. The summed E-state index contributed by atoms with van der Waals surface area (Å²) in [6.45, 7) is 12.5. The standard InChI is InChI=1S/C12H23N3O2/c1-7-16-12(5,6)10-14-9(17-15-10)8(13)11(2,3)4/h8H,7,13H2,1-6H3/t8-/m0/s1. The normalized spacial score (nSPS) is 15.0. The second-order valence-corrected chi connectivity index (χ2v) is 5.74. The number of nitrogens with two attached hydrogens (primary N) is 1. The molecule has 0 bridgehead atoms. The van der Waals surface area contributed by atoms with Crippen LogP contribution in [0.5, 0.6) is 0 Å². The fraction of sp³-hybridized carbons (Fsp3) is 0.833. The van der Waals surface area contributed by atoms with Gasteiger partial charge >= 0.3 is 0 Å². The number of aromatic nitrogens is 2. The fourth-order valence-electron chi connectivity index (χ4n) is 1.40. The Balaban J connectivity index is 2.92. The summed E-state index contributed by atoms with van der Waals surface area (Å²) >= 11 is 0. The zero-order valence-electron chi connectivity index (χ0n) is 11.6. The second-order valence-electron chi connectivity index (χ2n) is 5.74. The largest absolute Gasteiger partial charge is 0.368 e. The van der Waals surface area contributed by atoms with Crippen LogP contribution in [0.3, 0.4) is 0 Å². The van der Waals surface area contributed by atoms with Crippen molar-refractivity contribution in [3.8, 4) is 0 Å². The SMILES string of the molecule is CCOC(C)(C)c1noc([C@H](N)C(C)(C)C)n1. The molecule has 0 saturated heterocycles. The van der Waals surface area contributed by atoms with Crippen LogP contribution in [0.15, 0.2) is 4.52 Å². The Morgan fingerprint density at radius 3 is 2.35 bits per heavy atom. The maximum absolute atomic E-state index is 6.07. The summed E-state index contributed by atoms with van der Waals surface area (Å²) < 4.78 is 10.8. The Hall–Kier alpha value is -0.940. The van der Waals surface area contributed by atoms with Crippen LogP contribution >= 0.6 is 0 Å². The fourth-order valence-corrected chi connectivity index (χ4v) is 1.40. The van der Waals surface area contributed by atoms with Crippen molar-refractivity contribution in [1.82, 2.24) is 10.1 Å². The minimum absolute atomic E-state index is 0.112. The predicted molar refractivity (Wildman–Crippen MR) is 65.3 cm³/mol. The lowest BCUT2D eigenvalue weighted by atomic mass is 9.87. The minimum atomic E-state index is -0.548. The summed E-state index contributed by atoms with van der Waals surface area (Å²) in [5.74, 6) is 0.995. The topological polar surface area (TPSA) is 74.2 Å². The number of hydrogen-bond acceptors (Lipinski definition) is 5. The van der Waals surface area contributed by atoms with E-state index in [-0.39, 0.29) is 11.5 Å². The van der Waals surface area contributed by atoms with Crippen LogP contribution < -0.4 is 5.73 Å². The maximum atomic E-state index is 6.07. The van der Waals surface area contributed by atoms with Crippen LogP contribution in [-0.2, 0) is 10.3 Å². The van der Waals surface area contributed by atoms with Crippen LogP contribution in [0, 0.1) is 5.41 Å². The van der Waals surface area contributed by atoms with Gasteiger partial charge in [0, 0.05) is 6.61 Å². The van der Waals surface area contributed by atoms with Crippen molar-refractivity contribution in [1.29, 1.82) is 0 Å². The van der Waals surface area contributed by atoms with Gasteiger partial charge in [-0.15, -0.1) is 0 Å². The van der Waals surface area contributed by atoms with Gasteiger partial charge in [0.2, 0.25) is 11.7 Å². The maximum Gasteiger partial charge on any atom is 0.244 e. The number of hydrogen-bond donors (Lipinski definition) is 1. The van der Waals surface area contributed by atoms with E-state index in [0.29, 0.717) is 18.3 Å². The van der Waals surface area contributed by atoms with E-state index < -0.39 is 5.60 Å². The first-order valence-corrected chi connectivity index (χ1v) is 5.92. The molecule has 5 heteroatoms. The van der Waals surface area contributed by atoms with E-state index in [9.17, 15) is 0 Å². The van der Waals surface area contributed by atoms with Gasteiger partial charge in [0.05, 0.1) is 6.04 Å². The molecule has 1 atom stereocenters. The summed E-state index contributed by atoms with van der Waals surface area (Å²) in [5.41, 5.74) is 5.41. The van der Waals surface area contributed by atoms with Gasteiger partial charge in [-0.2, -0.15) is 4.98 Å². The molecule has 0 aliphatic heterocycles. The Morgan fingerprint density at radius 1 is 1.29 bits per heavy atom. The summed E-state index contributed by atoms with van der Waals surface area (Å²) in [6.07, 6.45) is 0. The van der Waals surface area contributed by atoms with E-state index in [2.05, 4.69) is 10.1 Å². The molecule has 0 radical (unpaired) electrons. The third-order valence-corrected chi connectivity index (χ3v) is 2.68. The summed E-state index contributed by atoms with van der Waals surface area (Å²) in [5, 5.41) is 3.95. The van der Waals surface area contributed by atoms with Crippen LogP contribution in [0.2, 0.25) is 0 Å². The molecule has 1 heterocycles. The Labute approximate surface area is 103 Å². The van der Waals surface area contributed by atoms with Gasteiger partial charge in [0.15, 0.2) is 0 Å². The lowest BCUT2D eigenvalue weighted by Crippen LogP contribution is -2.27. The molecular weight excluding hydrogens is 218 g/mol. The zero-order chi connectivity index (χ0) is 13.3. The van der Waals surface area contributed by atoms with Gasteiger partial charge in [-0.3, -0.25) is 0 Å². The average molecular weight is 241 g/mol. The highest BCUT2D eigenvalue weighted by Crippen LogP contribution is 2.31. The molecule has 1 aromatic rings.